The van der Waals surface area contributed by atoms with Crippen LogP contribution in [-0.2, 0) is 10.3 Å². The number of nitrogens with one attached hydrogen (secondary N) is 1. The van der Waals surface area contributed by atoms with Gasteiger partial charge in [-0.05, 0) is 43.9 Å². The van der Waals surface area contributed by atoms with Gasteiger partial charge in [-0.1, -0.05) is 0 Å². The lowest BCUT2D eigenvalue weighted by molar-refractivity contribution is 0.215. The van der Waals surface area contributed by atoms with Gasteiger partial charge in [-0.2, -0.15) is 0 Å². The van der Waals surface area contributed by atoms with Gasteiger partial charge in [-0.25, -0.2) is 9.38 Å². The molecule has 2 aliphatic rings. The molecule has 3 rings (SSSR count). The maximum Gasteiger partial charge on any atom is 0.282 e. The van der Waals surface area contributed by atoms with E-state index >= 15 is 0 Å². The molecule has 1 atom stereocenters. The number of hydrogen-bond acceptors (Lipinski definition) is 4. The van der Waals surface area contributed by atoms with Crippen molar-refractivity contribution < 1.29 is 9.13 Å². The van der Waals surface area contributed by atoms with Crippen molar-refractivity contribution in [2.45, 2.75) is 31.7 Å². The Morgan fingerprint density at radius 3 is 3.00 bits per heavy atom. The van der Waals surface area contributed by atoms with Crippen LogP contribution < -0.4 is 11.1 Å². The minimum absolute atomic E-state index is 0.134. The zero-order valence-electron chi connectivity index (χ0n) is 11.7. The quantitative estimate of drug-likeness (QED) is 0.889. The van der Waals surface area contributed by atoms with E-state index in [1.807, 2.05) is 13.0 Å². The number of anilines is 1. The highest BCUT2D eigenvalue weighted by molar-refractivity contribution is 5.73. The highest BCUT2D eigenvalue weighted by Crippen LogP contribution is 2.35. The number of nitrogens with two attached hydrogens (primary N) is 1. The Balaban J connectivity index is 1.86. The first-order chi connectivity index (χ1) is 9.57. The van der Waals surface area contributed by atoms with Crippen molar-refractivity contribution in [2.75, 3.05) is 18.5 Å². The lowest BCUT2D eigenvalue weighted by Gasteiger charge is -2.30. The SMILES string of the molecule is C[C@@]1(c2cc(NCC3CC3)ccc2F)CCOC(N)=N1. The molecular formula is C15H20FN3O. The Labute approximate surface area is 118 Å². The molecular weight excluding hydrogens is 257 g/mol. The molecule has 1 fully saturated rings. The molecule has 0 radical (unpaired) electrons. The molecule has 20 heavy (non-hydrogen) atoms. The van der Waals surface area contributed by atoms with Crippen molar-refractivity contribution in [3.8, 4) is 0 Å². The van der Waals surface area contributed by atoms with E-state index in [0.29, 0.717) is 18.6 Å². The van der Waals surface area contributed by atoms with Crippen LogP contribution in [0, 0.1) is 11.7 Å². The van der Waals surface area contributed by atoms with Crippen molar-refractivity contribution in [3.63, 3.8) is 0 Å². The summed E-state index contributed by atoms with van der Waals surface area (Å²) in [5.41, 5.74) is 6.50. The van der Waals surface area contributed by atoms with Gasteiger partial charge in [-0.3, -0.25) is 0 Å². The number of halogens is 1. The van der Waals surface area contributed by atoms with Crippen LogP contribution in [0.3, 0.4) is 0 Å². The minimum Gasteiger partial charge on any atom is -0.465 e. The van der Waals surface area contributed by atoms with Crippen LogP contribution in [0.25, 0.3) is 0 Å². The summed E-state index contributed by atoms with van der Waals surface area (Å²) in [5, 5.41) is 3.36. The molecule has 1 aliphatic carbocycles. The second kappa shape index (κ2) is 4.96. The molecule has 0 aromatic heterocycles. The van der Waals surface area contributed by atoms with Crippen molar-refractivity contribution in [1.82, 2.24) is 0 Å². The van der Waals surface area contributed by atoms with Crippen LogP contribution in [-0.4, -0.2) is 19.2 Å². The maximum atomic E-state index is 14.2. The van der Waals surface area contributed by atoms with Gasteiger partial charge in [0.15, 0.2) is 0 Å². The zero-order chi connectivity index (χ0) is 14.2. The summed E-state index contributed by atoms with van der Waals surface area (Å²) in [6.45, 7) is 3.31. The fourth-order valence-corrected chi connectivity index (χ4v) is 2.51. The van der Waals surface area contributed by atoms with Crippen LogP contribution in [0.2, 0.25) is 0 Å². The van der Waals surface area contributed by atoms with E-state index in [9.17, 15) is 4.39 Å². The zero-order valence-corrected chi connectivity index (χ0v) is 11.7. The van der Waals surface area contributed by atoms with Gasteiger partial charge in [-0.15, -0.1) is 0 Å². The Morgan fingerprint density at radius 1 is 1.50 bits per heavy atom. The van der Waals surface area contributed by atoms with Crippen LogP contribution in [0.4, 0.5) is 10.1 Å². The number of ether oxygens (including phenoxy) is 1. The Bertz CT molecular complexity index is 542. The maximum absolute atomic E-state index is 14.2. The summed E-state index contributed by atoms with van der Waals surface area (Å²) in [4.78, 5) is 4.30. The first kappa shape index (κ1) is 13.2. The van der Waals surface area contributed by atoms with Crippen LogP contribution in [0.1, 0.15) is 31.7 Å². The van der Waals surface area contributed by atoms with Gasteiger partial charge >= 0.3 is 0 Å². The molecule has 0 spiro atoms. The van der Waals surface area contributed by atoms with E-state index in [4.69, 9.17) is 10.5 Å². The second-order valence-electron chi connectivity index (χ2n) is 5.84. The van der Waals surface area contributed by atoms with Gasteiger partial charge < -0.3 is 15.8 Å². The highest BCUT2D eigenvalue weighted by Gasteiger charge is 2.33. The first-order valence-electron chi connectivity index (χ1n) is 7.09. The molecule has 1 aromatic carbocycles. The molecule has 1 saturated carbocycles. The fraction of sp³-hybridized carbons (Fsp3) is 0.533. The number of aliphatic imine (C=N–C) groups is 1. The van der Waals surface area contributed by atoms with Gasteiger partial charge in [0, 0.05) is 24.2 Å². The third-order valence-corrected chi connectivity index (χ3v) is 4.03. The van der Waals surface area contributed by atoms with Crippen LogP contribution in [0.15, 0.2) is 23.2 Å². The predicted molar refractivity (Wildman–Crippen MR) is 77.2 cm³/mol. The number of amidine groups is 1. The Hall–Kier alpha value is -1.78. The summed E-state index contributed by atoms with van der Waals surface area (Å²) in [7, 11) is 0. The molecule has 0 saturated heterocycles. The molecule has 1 heterocycles. The van der Waals surface area contributed by atoms with E-state index in [0.717, 1.165) is 18.2 Å². The van der Waals surface area contributed by atoms with Crippen molar-refractivity contribution in [1.29, 1.82) is 0 Å². The molecule has 4 nitrogen and oxygen atoms in total. The van der Waals surface area contributed by atoms with E-state index in [-0.39, 0.29) is 11.8 Å². The number of nitrogens with zero attached hydrogens (tertiary/aromatic N) is 1. The molecule has 3 N–H and O–H groups in total. The monoisotopic (exact) mass is 277 g/mol. The van der Waals surface area contributed by atoms with Gasteiger partial charge in [0.25, 0.3) is 6.02 Å². The molecule has 1 aliphatic heterocycles. The second-order valence-corrected chi connectivity index (χ2v) is 5.84. The lowest BCUT2D eigenvalue weighted by atomic mass is 9.88. The van der Waals surface area contributed by atoms with E-state index in [1.165, 1.54) is 18.9 Å². The topological polar surface area (TPSA) is 59.6 Å². The van der Waals surface area contributed by atoms with Crippen molar-refractivity contribution >= 4 is 11.7 Å². The van der Waals surface area contributed by atoms with Gasteiger partial charge in [0.05, 0.1) is 12.1 Å². The van der Waals surface area contributed by atoms with Crippen LogP contribution in [0.5, 0.6) is 0 Å². The highest BCUT2D eigenvalue weighted by atomic mass is 19.1. The predicted octanol–water partition coefficient (Wildman–Crippen LogP) is 2.60. The lowest BCUT2D eigenvalue weighted by Crippen LogP contribution is -2.34. The van der Waals surface area contributed by atoms with Crippen molar-refractivity contribution in [2.24, 2.45) is 16.6 Å². The molecule has 0 unspecified atom stereocenters. The average molecular weight is 277 g/mol. The normalized spacial score (nSPS) is 25.8. The third-order valence-electron chi connectivity index (χ3n) is 4.03. The van der Waals surface area contributed by atoms with E-state index in [2.05, 4.69) is 10.3 Å². The summed E-state index contributed by atoms with van der Waals surface area (Å²) in [5.74, 6) is 0.527. The molecule has 0 amide bonds. The van der Waals surface area contributed by atoms with Gasteiger partial charge in [0.2, 0.25) is 0 Å². The number of rotatable bonds is 4. The summed E-state index contributed by atoms with van der Waals surface area (Å²) in [6, 6.07) is 5.25. The summed E-state index contributed by atoms with van der Waals surface area (Å²) < 4.78 is 19.3. The van der Waals surface area contributed by atoms with E-state index in [1.54, 1.807) is 6.07 Å². The standard InChI is InChI=1S/C15H20FN3O/c1-15(6-7-20-14(17)19-15)12-8-11(4-5-13(12)16)18-9-10-2-3-10/h4-5,8,10,18H,2-3,6-7,9H2,1H3,(H2,17,19)/t15-/m0/s1. The summed E-state index contributed by atoms with van der Waals surface area (Å²) >= 11 is 0. The minimum atomic E-state index is -0.649. The fourth-order valence-electron chi connectivity index (χ4n) is 2.51. The largest absolute Gasteiger partial charge is 0.465 e. The average Bonchev–Trinajstić information content (AvgIpc) is 3.21. The smallest absolute Gasteiger partial charge is 0.282 e. The van der Waals surface area contributed by atoms with E-state index < -0.39 is 5.54 Å². The number of benzene rings is 1. The summed E-state index contributed by atoms with van der Waals surface area (Å²) in [6.07, 6.45) is 3.20. The molecule has 108 valence electrons. The molecule has 5 heteroatoms. The number of hydrogen-bond donors (Lipinski definition) is 2. The Morgan fingerprint density at radius 2 is 2.30 bits per heavy atom. The van der Waals surface area contributed by atoms with Crippen LogP contribution >= 0.6 is 0 Å². The Kier molecular flexibility index (Phi) is 3.28. The van der Waals surface area contributed by atoms with Gasteiger partial charge in [0.1, 0.15) is 5.82 Å². The first-order valence-corrected chi connectivity index (χ1v) is 7.09. The third kappa shape index (κ3) is 2.71. The molecule has 0 bridgehead atoms. The molecule has 1 aromatic rings. The van der Waals surface area contributed by atoms with Crippen molar-refractivity contribution in [3.05, 3.63) is 29.6 Å².